The van der Waals surface area contributed by atoms with E-state index in [0.29, 0.717) is 11.1 Å². The molecule has 2 aromatic rings. The summed E-state index contributed by atoms with van der Waals surface area (Å²) in [6.45, 7) is 1.42. The minimum absolute atomic E-state index is 0.0240. The molecule has 27 heavy (non-hydrogen) atoms. The maximum atomic E-state index is 13.5. The molecule has 0 bridgehead atoms. The third-order valence-electron chi connectivity index (χ3n) is 3.77. The summed E-state index contributed by atoms with van der Waals surface area (Å²) >= 11 is 0. The van der Waals surface area contributed by atoms with Crippen LogP contribution >= 0.6 is 0 Å². The highest BCUT2D eigenvalue weighted by Crippen LogP contribution is 2.27. The summed E-state index contributed by atoms with van der Waals surface area (Å²) in [6.07, 6.45) is 0. The quantitative estimate of drug-likeness (QED) is 0.569. The van der Waals surface area contributed by atoms with Crippen molar-refractivity contribution < 1.29 is 23.6 Å². The maximum Gasteiger partial charge on any atom is 0.311 e. The Morgan fingerprint density at radius 2 is 1.93 bits per heavy atom. The van der Waals surface area contributed by atoms with E-state index < -0.39 is 16.7 Å². The standard InChI is InChI=1S/C18H18FN3O5/c1-11-3-4-12(7-14(11)19)9-20-17(23)10-21-18(24)13-5-6-16(27-2)15(8-13)22(25)26/h3-8H,9-10H2,1-2H3,(H,20,23)(H,21,24). The molecule has 2 aromatic carbocycles. The second-order valence-electron chi connectivity index (χ2n) is 5.69. The third-order valence-corrected chi connectivity index (χ3v) is 3.77. The fourth-order valence-corrected chi connectivity index (χ4v) is 2.25. The number of carbonyl (C=O) groups excluding carboxylic acids is 2. The van der Waals surface area contributed by atoms with Crippen LogP contribution in [0.4, 0.5) is 10.1 Å². The zero-order chi connectivity index (χ0) is 20.0. The van der Waals surface area contributed by atoms with Crippen LogP contribution in [-0.4, -0.2) is 30.4 Å². The molecule has 0 heterocycles. The first-order chi connectivity index (χ1) is 12.8. The zero-order valence-electron chi connectivity index (χ0n) is 14.7. The molecule has 0 unspecified atom stereocenters. The van der Waals surface area contributed by atoms with Crippen LogP contribution in [0.3, 0.4) is 0 Å². The predicted octanol–water partition coefficient (Wildman–Crippen LogP) is 2.10. The molecule has 0 aromatic heterocycles. The van der Waals surface area contributed by atoms with Gasteiger partial charge in [0, 0.05) is 18.2 Å². The number of nitrogens with one attached hydrogen (secondary N) is 2. The fourth-order valence-electron chi connectivity index (χ4n) is 2.25. The molecule has 142 valence electrons. The molecule has 0 spiro atoms. The number of nitro groups is 1. The zero-order valence-corrected chi connectivity index (χ0v) is 14.7. The summed E-state index contributed by atoms with van der Waals surface area (Å²) in [5.74, 6) is -1.46. The van der Waals surface area contributed by atoms with Gasteiger partial charge in [-0.2, -0.15) is 0 Å². The fraction of sp³-hybridized carbons (Fsp3) is 0.222. The largest absolute Gasteiger partial charge is 0.490 e. The van der Waals surface area contributed by atoms with E-state index in [9.17, 15) is 24.1 Å². The molecule has 0 atom stereocenters. The summed E-state index contributed by atoms with van der Waals surface area (Å²) in [4.78, 5) is 34.2. The molecule has 2 N–H and O–H groups in total. The van der Waals surface area contributed by atoms with Gasteiger partial charge < -0.3 is 15.4 Å². The lowest BCUT2D eigenvalue weighted by Crippen LogP contribution is -2.36. The molecular formula is C18H18FN3O5. The number of hydrogen-bond acceptors (Lipinski definition) is 5. The molecule has 0 saturated carbocycles. The monoisotopic (exact) mass is 375 g/mol. The molecule has 0 aliphatic rings. The maximum absolute atomic E-state index is 13.5. The number of aryl methyl sites for hydroxylation is 1. The number of nitrogens with zero attached hydrogens (tertiary/aromatic N) is 1. The number of amides is 2. The van der Waals surface area contributed by atoms with Crippen molar-refractivity contribution in [2.45, 2.75) is 13.5 Å². The highest BCUT2D eigenvalue weighted by molar-refractivity contribution is 5.97. The molecule has 8 nitrogen and oxygen atoms in total. The first-order valence-electron chi connectivity index (χ1n) is 7.94. The van der Waals surface area contributed by atoms with E-state index in [0.717, 1.165) is 6.07 Å². The molecule has 2 rings (SSSR count). The van der Waals surface area contributed by atoms with E-state index in [2.05, 4.69) is 10.6 Å². The van der Waals surface area contributed by atoms with Gasteiger partial charge in [-0.05, 0) is 36.2 Å². The Morgan fingerprint density at radius 1 is 1.19 bits per heavy atom. The van der Waals surface area contributed by atoms with Crippen molar-refractivity contribution >= 4 is 17.5 Å². The summed E-state index contributed by atoms with van der Waals surface area (Å²) in [7, 11) is 1.28. The van der Waals surface area contributed by atoms with Crippen LogP contribution in [-0.2, 0) is 11.3 Å². The highest BCUT2D eigenvalue weighted by atomic mass is 19.1. The number of ether oxygens (including phenoxy) is 1. The summed E-state index contributed by atoms with van der Waals surface area (Å²) in [5.41, 5.74) is 0.765. The molecule has 0 radical (unpaired) electrons. The van der Waals surface area contributed by atoms with E-state index in [1.54, 1.807) is 19.1 Å². The number of nitro benzene ring substituents is 1. The van der Waals surface area contributed by atoms with Gasteiger partial charge in [-0.1, -0.05) is 12.1 Å². The molecule has 0 aliphatic carbocycles. The minimum Gasteiger partial charge on any atom is -0.490 e. The van der Waals surface area contributed by atoms with Crippen molar-refractivity contribution in [1.82, 2.24) is 10.6 Å². The normalized spacial score (nSPS) is 10.2. The van der Waals surface area contributed by atoms with Gasteiger partial charge >= 0.3 is 5.69 Å². The van der Waals surface area contributed by atoms with Crippen molar-refractivity contribution in [2.75, 3.05) is 13.7 Å². The average Bonchev–Trinajstić information content (AvgIpc) is 2.66. The molecule has 0 fully saturated rings. The van der Waals surface area contributed by atoms with Crippen LogP contribution in [0.1, 0.15) is 21.5 Å². The van der Waals surface area contributed by atoms with Gasteiger partial charge in [0.15, 0.2) is 5.75 Å². The second-order valence-corrected chi connectivity index (χ2v) is 5.69. The topological polar surface area (TPSA) is 111 Å². The second kappa shape index (κ2) is 8.75. The number of rotatable bonds is 7. The lowest BCUT2D eigenvalue weighted by molar-refractivity contribution is -0.385. The lowest BCUT2D eigenvalue weighted by Gasteiger charge is -2.08. The van der Waals surface area contributed by atoms with E-state index in [1.807, 2.05) is 0 Å². The smallest absolute Gasteiger partial charge is 0.311 e. The van der Waals surface area contributed by atoms with Crippen molar-refractivity contribution in [3.63, 3.8) is 0 Å². The number of methoxy groups -OCH3 is 1. The van der Waals surface area contributed by atoms with E-state index >= 15 is 0 Å². The minimum atomic E-state index is -0.664. The molecular weight excluding hydrogens is 357 g/mol. The van der Waals surface area contributed by atoms with Crippen LogP contribution in [0.2, 0.25) is 0 Å². The molecule has 9 heteroatoms. The van der Waals surface area contributed by atoms with Gasteiger partial charge in [0.05, 0.1) is 18.6 Å². The van der Waals surface area contributed by atoms with Gasteiger partial charge in [-0.15, -0.1) is 0 Å². The van der Waals surface area contributed by atoms with Gasteiger partial charge in [-0.3, -0.25) is 19.7 Å². The summed E-state index contributed by atoms with van der Waals surface area (Å²) < 4.78 is 18.3. The summed E-state index contributed by atoms with van der Waals surface area (Å²) in [5, 5.41) is 15.9. The molecule has 0 aliphatic heterocycles. The van der Waals surface area contributed by atoms with Crippen LogP contribution < -0.4 is 15.4 Å². The van der Waals surface area contributed by atoms with E-state index in [1.165, 1.54) is 25.3 Å². The number of carbonyl (C=O) groups is 2. The highest BCUT2D eigenvalue weighted by Gasteiger charge is 2.18. The van der Waals surface area contributed by atoms with Crippen LogP contribution in [0, 0.1) is 22.9 Å². The number of halogens is 1. The van der Waals surface area contributed by atoms with E-state index in [-0.39, 0.29) is 35.9 Å². The van der Waals surface area contributed by atoms with Crippen LogP contribution in [0.25, 0.3) is 0 Å². The summed E-state index contributed by atoms with van der Waals surface area (Å²) in [6, 6.07) is 8.35. The third kappa shape index (κ3) is 5.24. The van der Waals surface area contributed by atoms with Gasteiger partial charge in [0.1, 0.15) is 5.82 Å². The first kappa shape index (κ1) is 19.8. The average molecular weight is 375 g/mol. The Hall–Kier alpha value is -3.49. The van der Waals surface area contributed by atoms with Gasteiger partial charge in [-0.25, -0.2) is 4.39 Å². The Morgan fingerprint density at radius 3 is 2.56 bits per heavy atom. The Labute approximate surface area is 154 Å². The first-order valence-corrected chi connectivity index (χ1v) is 7.94. The van der Waals surface area contributed by atoms with Crippen molar-refractivity contribution in [3.8, 4) is 5.75 Å². The Kier molecular flexibility index (Phi) is 6.42. The predicted molar refractivity (Wildman–Crippen MR) is 95.0 cm³/mol. The van der Waals surface area contributed by atoms with Crippen LogP contribution in [0.15, 0.2) is 36.4 Å². The van der Waals surface area contributed by atoms with Gasteiger partial charge in [0.2, 0.25) is 5.91 Å². The number of benzene rings is 2. The number of hydrogen-bond donors (Lipinski definition) is 2. The molecule has 0 saturated heterocycles. The van der Waals surface area contributed by atoms with Crippen molar-refractivity contribution in [2.24, 2.45) is 0 Å². The van der Waals surface area contributed by atoms with Crippen LogP contribution in [0.5, 0.6) is 5.75 Å². The van der Waals surface area contributed by atoms with Gasteiger partial charge in [0.25, 0.3) is 5.91 Å². The molecule has 2 amide bonds. The SMILES string of the molecule is COc1ccc(C(=O)NCC(=O)NCc2ccc(C)c(F)c2)cc1[N+](=O)[O-]. The Balaban J connectivity index is 1.91. The lowest BCUT2D eigenvalue weighted by atomic mass is 10.1. The van der Waals surface area contributed by atoms with Crippen molar-refractivity contribution in [3.05, 3.63) is 69.0 Å². The van der Waals surface area contributed by atoms with E-state index in [4.69, 9.17) is 4.74 Å². The Bertz CT molecular complexity index is 885. The van der Waals surface area contributed by atoms with Crippen molar-refractivity contribution in [1.29, 1.82) is 0 Å².